The number of carbonyl (C=O) groups excluding carboxylic acids is 2. The molecule has 0 saturated heterocycles. The van der Waals surface area contributed by atoms with Crippen LogP contribution < -0.4 is 10.6 Å². The van der Waals surface area contributed by atoms with Gasteiger partial charge in [-0.3, -0.25) is 9.59 Å². The molecule has 25 heavy (non-hydrogen) atoms. The summed E-state index contributed by atoms with van der Waals surface area (Å²) in [5.41, 5.74) is 1.48. The predicted molar refractivity (Wildman–Crippen MR) is 96.7 cm³/mol. The third-order valence-electron chi connectivity index (χ3n) is 3.77. The van der Waals surface area contributed by atoms with Crippen molar-refractivity contribution in [2.75, 3.05) is 11.9 Å². The van der Waals surface area contributed by atoms with Gasteiger partial charge >= 0.3 is 0 Å². The van der Waals surface area contributed by atoms with Crippen molar-refractivity contribution in [1.82, 2.24) is 0 Å². The van der Waals surface area contributed by atoms with Crippen LogP contribution in [0.1, 0.15) is 35.8 Å². The Kier molecular flexibility index (Phi) is 6.53. The third kappa shape index (κ3) is 5.01. The van der Waals surface area contributed by atoms with Crippen molar-refractivity contribution in [2.24, 2.45) is 0 Å². The molecule has 0 fully saturated rings. The minimum absolute atomic E-state index is 0.0421. The molecule has 0 aliphatic carbocycles. The van der Waals surface area contributed by atoms with Gasteiger partial charge in [0.15, 0.2) is 12.3 Å². The number of para-hydroxylation sites is 1. The second kappa shape index (κ2) is 8.43. The lowest BCUT2D eigenvalue weighted by atomic mass is 10.1. The van der Waals surface area contributed by atoms with Crippen LogP contribution in [0.5, 0.6) is 0 Å². The average Bonchev–Trinajstić information content (AvgIpc) is 2.56. The van der Waals surface area contributed by atoms with Crippen LogP contribution >= 0.6 is 23.2 Å². The second-order valence-corrected chi connectivity index (χ2v) is 6.48. The summed E-state index contributed by atoms with van der Waals surface area (Å²) in [6, 6.07) is 9.18. The van der Waals surface area contributed by atoms with Gasteiger partial charge in [0, 0.05) is 11.1 Å². The normalized spacial score (nSPS) is 11.9. The molecule has 0 radical (unpaired) electrons. The quantitative estimate of drug-likeness (QED) is 0.591. The van der Waals surface area contributed by atoms with Crippen LogP contribution in [0.15, 0.2) is 36.4 Å². The number of ketones is 1. The van der Waals surface area contributed by atoms with E-state index in [-0.39, 0.29) is 29.3 Å². The fraction of sp³-hybridized carbons (Fsp3) is 0.222. The molecule has 0 aliphatic rings. The zero-order valence-electron chi connectivity index (χ0n) is 13.8. The van der Waals surface area contributed by atoms with E-state index in [1.165, 1.54) is 19.1 Å². The fourth-order valence-electron chi connectivity index (χ4n) is 2.40. The maximum Gasteiger partial charge on any atom is 0.279 e. The van der Waals surface area contributed by atoms with Crippen molar-refractivity contribution < 1.29 is 19.3 Å². The Hall–Kier alpha value is -1.95. The Bertz CT molecular complexity index is 812. The van der Waals surface area contributed by atoms with Gasteiger partial charge in [-0.25, -0.2) is 4.39 Å². The van der Waals surface area contributed by atoms with Gasteiger partial charge in [-0.1, -0.05) is 35.3 Å². The van der Waals surface area contributed by atoms with E-state index in [9.17, 15) is 14.0 Å². The van der Waals surface area contributed by atoms with Crippen LogP contribution in [-0.4, -0.2) is 18.2 Å². The van der Waals surface area contributed by atoms with Gasteiger partial charge in [-0.05, 0) is 38.1 Å². The van der Waals surface area contributed by atoms with Crippen molar-refractivity contribution in [1.29, 1.82) is 0 Å². The number of quaternary nitrogens is 1. The van der Waals surface area contributed by atoms with Crippen molar-refractivity contribution in [3.8, 4) is 0 Å². The standard InChI is InChI=1S/C18H17Cl2FN2O2/c1-10(13-7-16(21)15(20)8-14(13)19)22-9-18(25)23-17-6-4-3-5-12(17)11(2)24/h3-8,10,22H,9H2,1-2H3,(H,23,25)/p+1/t10-/m0/s1. The second-order valence-electron chi connectivity index (χ2n) is 5.67. The van der Waals surface area contributed by atoms with Gasteiger partial charge in [0.1, 0.15) is 11.9 Å². The molecule has 0 heterocycles. The Morgan fingerprint density at radius 1 is 1.20 bits per heavy atom. The number of carbonyl (C=O) groups is 2. The number of hydrogen-bond acceptors (Lipinski definition) is 2. The van der Waals surface area contributed by atoms with Crippen molar-refractivity contribution >= 4 is 40.6 Å². The highest BCUT2D eigenvalue weighted by Crippen LogP contribution is 2.27. The average molecular weight is 384 g/mol. The first-order valence-corrected chi connectivity index (χ1v) is 8.42. The number of benzene rings is 2. The molecule has 3 N–H and O–H groups in total. The molecule has 1 amide bonds. The molecule has 2 aromatic rings. The summed E-state index contributed by atoms with van der Waals surface area (Å²) in [7, 11) is 0. The maximum absolute atomic E-state index is 13.6. The molecule has 0 spiro atoms. The Balaban J connectivity index is 2.01. The molecular weight excluding hydrogens is 366 g/mol. The molecule has 132 valence electrons. The summed E-state index contributed by atoms with van der Waals surface area (Å²) in [5.74, 6) is -0.955. The molecule has 0 bridgehead atoms. The van der Waals surface area contributed by atoms with E-state index < -0.39 is 5.82 Å². The number of nitrogens with two attached hydrogens (primary N) is 1. The lowest BCUT2D eigenvalue weighted by Gasteiger charge is -2.14. The molecule has 2 rings (SSSR count). The predicted octanol–water partition coefficient (Wildman–Crippen LogP) is 3.60. The van der Waals surface area contributed by atoms with E-state index in [2.05, 4.69) is 5.32 Å². The number of rotatable bonds is 6. The first kappa shape index (κ1) is 19.4. The molecule has 0 aromatic heterocycles. The summed E-state index contributed by atoms with van der Waals surface area (Å²) >= 11 is 11.8. The number of Topliss-reactive ketones (excluding diaryl/α,β-unsaturated/α-hetero) is 1. The Labute approximate surface area is 155 Å². The zero-order valence-corrected chi connectivity index (χ0v) is 15.3. The topological polar surface area (TPSA) is 62.8 Å². The highest BCUT2D eigenvalue weighted by molar-refractivity contribution is 6.35. The molecular formula is C18H18Cl2FN2O2+. The molecule has 2 aromatic carbocycles. The first-order chi connectivity index (χ1) is 11.8. The Morgan fingerprint density at radius 2 is 1.88 bits per heavy atom. The monoisotopic (exact) mass is 383 g/mol. The van der Waals surface area contributed by atoms with Gasteiger partial charge in [0.2, 0.25) is 0 Å². The van der Waals surface area contributed by atoms with Crippen LogP contribution in [0.25, 0.3) is 0 Å². The van der Waals surface area contributed by atoms with Crippen LogP contribution in [-0.2, 0) is 4.79 Å². The van der Waals surface area contributed by atoms with Crippen LogP contribution in [0.4, 0.5) is 10.1 Å². The van der Waals surface area contributed by atoms with E-state index in [0.29, 0.717) is 21.8 Å². The number of amides is 1. The van der Waals surface area contributed by atoms with Gasteiger partial charge in [0.05, 0.1) is 15.7 Å². The van der Waals surface area contributed by atoms with Crippen LogP contribution in [0.2, 0.25) is 10.0 Å². The minimum atomic E-state index is -0.554. The largest absolute Gasteiger partial charge is 0.332 e. The minimum Gasteiger partial charge on any atom is -0.332 e. The molecule has 0 aliphatic heterocycles. The van der Waals surface area contributed by atoms with E-state index in [1.54, 1.807) is 29.6 Å². The molecule has 0 saturated carbocycles. The van der Waals surface area contributed by atoms with Crippen LogP contribution in [0, 0.1) is 5.82 Å². The van der Waals surface area contributed by atoms with E-state index in [4.69, 9.17) is 23.2 Å². The van der Waals surface area contributed by atoms with Gasteiger partial charge < -0.3 is 10.6 Å². The van der Waals surface area contributed by atoms with E-state index in [0.717, 1.165) is 0 Å². The summed E-state index contributed by atoms with van der Waals surface area (Å²) < 4.78 is 13.6. The molecule has 4 nitrogen and oxygen atoms in total. The lowest BCUT2D eigenvalue weighted by molar-refractivity contribution is -0.682. The Morgan fingerprint density at radius 3 is 2.56 bits per heavy atom. The fourth-order valence-corrected chi connectivity index (χ4v) is 2.95. The van der Waals surface area contributed by atoms with Crippen molar-refractivity contribution in [3.05, 3.63) is 63.4 Å². The number of anilines is 1. The molecule has 1 atom stereocenters. The number of nitrogens with one attached hydrogen (secondary N) is 1. The van der Waals surface area contributed by atoms with E-state index in [1.807, 2.05) is 6.92 Å². The molecule has 0 unspecified atom stereocenters. The summed E-state index contributed by atoms with van der Waals surface area (Å²) in [5, 5.41) is 4.74. The molecule has 7 heteroatoms. The summed E-state index contributed by atoms with van der Waals surface area (Å²) in [4.78, 5) is 23.7. The summed E-state index contributed by atoms with van der Waals surface area (Å²) in [6.07, 6.45) is 0. The number of halogens is 3. The van der Waals surface area contributed by atoms with Crippen LogP contribution in [0.3, 0.4) is 0 Å². The van der Waals surface area contributed by atoms with Crippen molar-refractivity contribution in [3.63, 3.8) is 0 Å². The van der Waals surface area contributed by atoms with Gasteiger partial charge in [-0.2, -0.15) is 0 Å². The van der Waals surface area contributed by atoms with E-state index >= 15 is 0 Å². The lowest BCUT2D eigenvalue weighted by Crippen LogP contribution is -2.86. The smallest absolute Gasteiger partial charge is 0.279 e. The van der Waals surface area contributed by atoms with Gasteiger partial charge in [-0.15, -0.1) is 0 Å². The highest BCUT2D eigenvalue weighted by Gasteiger charge is 2.18. The number of hydrogen-bond donors (Lipinski definition) is 2. The summed E-state index contributed by atoms with van der Waals surface area (Å²) in [6.45, 7) is 3.34. The van der Waals surface area contributed by atoms with Gasteiger partial charge in [0.25, 0.3) is 5.91 Å². The van der Waals surface area contributed by atoms with Crippen molar-refractivity contribution in [2.45, 2.75) is 19.9 Å². The first-order valence-electron chi connectivity index (χ1n) is 7.67. The highest BCUT2D eigenvalue weighted by atomic mass is 35.5. The third-order valence-corrected chi connectivity index (χ3v) is 4.38. The maximum atomic E-state index is 13.6. The SMILES string of the molecule is CC(=O)c1ccccc1NC(=O)C[NH2+][C@@H](C)c1cc(F)c(Cl)cc1Cl. The zero-order chi connectivity index (χ0) is 18.6.